The van der Waals surface area contributed by atoms with E-state index >= 15 is 0 Å². The lowest BCUT2D eigenvalue weighted by molar-refractivity contribution is -0.136. The highest BCUT2D eigenvalue weighted by Crippen LogP contribution is 2.15. The summed E-state index contributed by atoms with van der Waals surface area (Å²) in [5.41, 5.74) is 0.778. The first-order valence-corrected chi connectivity index (χ1v) is 7.61. The molecule has 2 rings (SSSR count). The van der Waals surface area contributed by atoms with E-state index in [4.69, 9.17) is 4.74 Å². The summed E-state index contributed by atoms with van der Waals surface area (Å²) in [6.45, 7) is 3.36. The van der Waals surface area contributed by atoms with E-state index < -0.39 is 0 Å². The standard InChI is InChI=1S/C17H20N4O3/c1-13(22)20-7-9-21(10-8-20)17(23)14(11-18)12-19-15-3-5-16(24-2)6-4-15/h3-6,12,19H,7-10H2,1-2H3/b14-12-. The van der Waals surface area contributed by atoms with E-state index in [1.54, 1.807) is 41.2 Å². The van der Waals surface area contributed by atoms with Gasteiger partial charge in [-0.2, -0.15) is 5.26 Å². The maximum absolute atomic E-state index is 12.4. The van der Waals surface area contributed by atoms with Crippen molar-refractivity contribution in [1.82, 2.24) is 9.80 Å². The fourth-order valence-corrected chi connectivity index (χ4v) is 2.38. The minimum Gasteiger partial charge on any atom is -0.497 e. The Morgan fingerprint density at radius 1 is 1.17 bits per heavy atom. The van der Waals surface area contributed by atoms with Crippen molar-refractivity contribution < 1.29 is 14.3 Å². The molecule has 7 heteroatoms. The molecule has 2 amide bonds. The summed E-state index contributed by atoms with van der Waals surface area (Å²) in [4.78, 5) is 27.0. The van der Waals surface area contributed by atoms with Gasteiger partial charge < -0.3 is 19.9 Å². The quantitative estimate of drug-likeness (QED) is 0.663. The van der Waals surface area contributed by atoms with Crippen LogP contribution in [0.25, 0.3) is 0 Å². The van der Waals surface area contributed by atoms with Gasteiger partial charge in [0.15, 0.2) is 0 Å². The number of methoxy groups -OCH3 is 1. The average molecular weight is 328 g/mol. The Morgan fingerprint density at radius 3 is 2.25 bits per heavy atom. The van der Waals surface area contributed by atoms with Crippen LogP contribution in [0.1, 0.15) is 6.92 Å². The first-order chi connectivity index (χ1) is 11.5. The average Bonchev–Trinajstić information content (AvgIpc) is 2.62. The molecule has 1 N–H and O–H groups in total. The number of hydrogen-bond acceptors (Lipinski definition) is 5. The van der Waals surface area contributed by atoms with Gasteiger partial charge in [0.05, 0.1) is 7.11 Å². The number of piperazine rings is 1. The number of benzene rings is 1. The minimum absolute atomic E-state index is 0.000630. The molecule has 24 heavy (non-hydrogen) atoms. The van der Waals surface area contributed by atoms with E-state index in [1.807, 2.05) is 6.07 Å². The lowest BCUT2D eigenvalue weighted by atomic mass is 10.2. The third kappa shape index (κ3) is 4.26. The molecule has 1 saturated heterocycles. The van der Waals surface area contributed by atoms with Crippen LogP contribution in [0.15, 0.2) is 36.0 Å². The second-order valence-corrected chi connectivity index (χ2v) is 5.34. The van der Waals surface area contributed by atoms with Gasteiger partial charge in [-0.05, 0) is 24.3 Å². The van der Waals surface area contributed by atoms with Crippen molar-refractivity contribution >= 4 is 17.5 Å². The number of nitriles is 1. The monoisotopic (exact) mass is 328 g/mol. The molecule has 126 valence electrons. The molecule has 0 saturated carbocycles. The smallest absolute Gasteiger partial charge is 0.266 e. The minimum atomic E-state index is -0.332. The summed E-state index contributed by atoms with van der Waals surface area (Å²) < 4.78 is 5.07. The van der Waals surface area contributed by atoms with E-state index in [1.165, 1.54) is 13.1 Å². The Kier molecular flexibility index (Phi) is 5.79. The number of amides is 2. The summed E-state index contributed by atoms with van der Waals surface area (Å²) in [6, 6.07) is 9.08. The highest BCUT2D eigenvalue weighted by molar-refractivity contribution is 5.97. The predicted octanol–water partition coefficient (Wildman–Crippen LogP) is 1.21. The van der Waals surface area contributed by atoms with Crippen LogP contribution in [0, 0.1) is 11.3 Å². The van der Waals surface area contributed by atoms with Crippen molar-refractivity contribution in [2.75, 3.05) is 38.6 Å². The zero-order chi connectivity index (χ0) is 17.5. The maximum Gasteiger partial charge on any atom is 0.266 e. The fraction of sp³-hybridized carbons (Fsp3) is 0.353. The summed E-state index contributed by atoms with van der Waals surface area (Å²) in [5.74, 6) is 0.394. The molecule has 0 bridgehead atoms. The molecule has 1 heterocycles. The SMILES string of the molecule is COc1ccc(N/C=C(/C#N)C(=O)N2CCN(C(C)=O)CC2)cc1. The van der Waals surface area contributed by atoms with Gasteiger partial charge in [0.1, 0.15) is 17.4 Å². The molecule has 0 radical (unpaired) electrons. The van der Waals surface area contributed by atoms with Gasteiger partial charge in [-0.1, -0.05) is 0 Å². The van der Waals surface area contributed by atoms with Crippen molar-refractivity contribution in [3.63, 3.8) is 0 Å². The van der Waals surface area contributed by atoms with E-state index in [2.05, 4.69) is 5.32 Å². The zero-order valence-electron chi connectivity index (χ0n) is 13.8. The number of nitrogens with zero attached hydrogens (tertiary/aromatic N) is 3. The van der Waals surface area contributed by atoms with Crippen LogP contribution in [0.2, 0.25) is 0 Å². The summed E-state index contributed by atoms with van der Waals surface area (Å²) in [7, 11) is 1.58. The third-order valence-electron chi connectivity index (χ3n) is 3.84. The van der Waals surface area contributed by atoms with Crippen LogP contribution in [-0.4, -0.2) is 54.9 Å². The van der Waals surface area contributed by atoms with Crippen LogP contribution < -0.4 is 10.1 Å². The zero-order valence-corrected chi connectivity index (χ0v) is 13.8. The molecule has 0 unspecified atom stereocenters. The van der Waals surface area contributed by atoms with Gasteiger partial charge >= 0.3 is 0 Å². The molecule has 0 atom stereocenters. The number of carbonyl (C=O) groups excluding carboxylic acids is 2. The van der Waals surface area contributed by atoms with Crippen molar-refractivity contribution in [3.8, 4) is 11.8 Å². The molecule has 1 aliphatic rings. The van der Waals surface area contributed by atoms with Gasteiger partial charge in [0.2, 0.25) is 5.91 Å². The molecule has 0 aliphatic carbocycles. The van der Waals surface area contributed by atoms with Crippen molar-refractivity contribution in [2.24, 2.45) is 0 Å². The van der Waals surface area contributed by atoms with Crippen LogP contribution in [0.5, 0.6) is 5.75 Å². The molecule has 7 nitrogen and oxygen atoms in total. The van der Waals surface area contributed by atoms with Gasteiger partial charge in [-0.25, -0.2) is 0 Å². The molecule has 0 spiro atoms. The van der Waals surface area contributed by atoms with Crippen molar-refractivity contribution in [2.45, 2.75) is 6.92 Å². The van der Waals surface area contributed by atoms with Crippen LogP contribution >= 0.6 is 0 Å². The number of anilines is 1. The highest BCUT2D eigenvalue weighted by atomic mass is 16.5. The lowest BCUT2D eigenvalue weighted by Crippen LogP contribution is -2.50. The number of ether oxygens (including phenoxy) is 1. The number of rotatable bonds is 4. The van der Waals surface area contributed by atoms with Crippen LogP contribution in [-0.2, 0) is 9.59 Å². The van der Waals surface area contributed by atoms with E-state index in [9.17, 15) is 14.9 Å². The predicted molar refractivity (Wildman–Crippen MR) is 89.1 cm³/mol. The van der Waals surface area contributed by atoms with E-state index in [-0.39, 0.29) is 17.4 Å². The largest absolute Gasteiger partial charge is 0.497 e. The molecular weight excluding hydrogens is 308 g/mol. The molecular formula is C17H20N4O3. The molecule has 1 aliphatic heterocycles. The normalized spacial score (nSPS) is 14.8. The molecule has 1 aromatic rings. The Balaban J connectivity index is 1.98. The number of nitrogens with one attached hydrogen (secondary N) is 1. The summed E-state index contributed by atoms with van der Waals surface area (Å²) in [6.07, 6.45) is 1.40. The second kappa shape index (κ2) is 8.02. The third-order valence-corrected chi connectivity index (χ3v) is 3.84. The Morgan fingerprint density at radius 2 is 1.75 bits per heavy atom. The van der Waals surface area contributed by atoms with Gasteiger partial charge in [-0.15, -0.1) is 0 Å². The highest BCUT2D eigenvalue weighted by Gasteiger charge is 2.24. The fourth-order valence-electron chi connectivity index (χ4n) is 2.38. The van der Waals surface area contributed by atoms with E-state index in [0.717, 1.165) is 11.4 Å². The Hall–Kier alpha value is -3.01. The summed E-state index contributed by atoms with van der Waals surface area (Å²) >= 11 is 0. The molecule has 1 aromatic carbocycles. The lowest BCUT2D eigenvalue weighted by Gasteiger charge is -2.34. The topological polar surface area (TPSA) is 85.7 Å². The first-order valence-electron chi connectivity index (χ1n) is 7.61. The van der Waals surface area contributed by atoms with Gasteiger partial charge in [0, 0.05) is 45.0 Å². The van der Waals surface area contributed by atoms with Gasteiger partial charge in [0.25, 0.3) is 5.91 Å². The Bertz CT molecular complexity index is 668. The van der Waals surface area contributed by atoms with Crippen molar-refractivity contribution in [3.05, 3.63) is 36.0 Å². The second-order valence-electron chi connectivity index (χ2n) is 5.34. The van der Waals surface area contributed by atoms with Crippen LogP contribution in [0.3, 0.4) is 0 Å². The molecule has 1 fully saturated rings. The summed E-state index contributed by atoms with van der Waals surface area (Å²) in [5, 5.41) is 12.2. The van der Waals surface area contributed by atoms with Crippen LogP contribution in [0.4, 0.5) is 5.69 Å². The Labute approximate surface area is 141 Å². The number of carbonyl (C=O) groups is 2. The maximum atomic E-state index is 12.4. The van der Waals surface area contributed by atoms with Gasteiger partial charge in [-0.3, -0.25) is 9.59 Å². The molecule has 0 aromatic heterocycles. The van der Waals surface area contributed by atoms with E-state index in [0.29, 0.717) is 26.2 Å². The van der Waals surface area contributed by atoms with Crippen molar-refractivity contribution in [1.29, 1.82) is 5.26 Å². The number of hydrogen-bond donors (Lipinski definition) is 1. The first kappa shape index (κ1) is 17.3.